The normalized spacial score (nSPS) is 21.2. The average molecular weight is 455 g/mol. The summed E-state index contributed by atoms with van der Waals surface area (Å²) in [4.78, 5) is 43.3. The summed E-state index contributed by atoms with van der Waals surface area (Å²) in [6.07, 6.45) is 2.38. The molecule has 6 nitrogen and oxygen atoms in total. The quantitative estimate of drug-likeness (QED) is 0.622. The lowest BCUT2D eigenvalue weighted by molar-refractivity contribution is -0.120. The van der Waals surface area contributed by atoms with Gasteiger partial charge in [0.2, 0.25) is 0 Å². The van der Waals surface area contributed by atoms with Crippen molar-refractivity contribution in [3.63, 3.8) is 0 Å². The van der Waals surface area contributed by atoms with Crippen molar-refractivity contribution >= 4 is 29.1 Å². The molecule has 170 valence electrons. The SMILES string of the molecule is CC(C)CC(CCc1cccs1)OC(=O)N1CC[C@@H]2[C@H]1C(=O)CN2C(=O)c1ccccc1. The van der Waals surface area contributed by atoms with Gasteiger partial charge in [-0.25, -0.2) is 4.79 Å². The monoisotopic (exact) mass is 454 g/mol. The molecule has 2 fully saturated rings. The third-order valence-electron chi connectivity index (χ3n) is 6.23. The highest BCUT2D eigenvalue weighted by molar-refractivity contribution is 7.09. The summed E-state index contributed by atoms with van der Waals surface area (Å²) in [5.41, 5.74) is 0.563. The van der Waals surface area contributed by atoms with Crippen molar-refractivity contribution < 1.29 is 19.1 Å². The minimum atomic E-state index is -0.604. The Labute approximate surface area is 193 Å². The molecule has 2 aliphatic heterocycles. The van der Waals surface area contributed by atoms with Gasteiger partial charge in [-0.15, -0.1) is 11.3 Å². The number of carbonyl (C=O) groups excluding carboxylic acids is 3. The second-order valence-electron chi connectivity index (χ2n) is 9.01. The van der Waals surface area contributed by atoms with Crippen LogP contribution in [0.15, 0.2) is 47.8 Å². The first-order chi connectivity index (χ1) is 15.4. The van der Waals surface area contributed by atoms with Crippen LogP contribution in [0.3, 0.4) is 0 Å². The van der Waals surface area contributed by atoms with Crippen LogP contribution in [0.25, 0.3) is 0 Å². The molecule has 3 heterocycles. The first-order valence-electron chi connectivity index (χ1n) is 11.3. The number of benzene rings is 1. The minimum absolute atomic E-state index is 0.0423. The lowest BCUT2D eigenvalue weighted by Gasteiger charge is -2.27. The van der Waals surface area contributed by atoms with Crippen LogP contribution in [0.2, 0.25) is 0 Å². The number of Topliss-reactive ketones (excluding diaryl/α,β-unsaturated/α-hetero) is 1. The Balaban J connectivity index is 1.41. The molecule has 2 saturated heterocycles. The number of ketones is 1. The van der Waals surface area contributed by atoms with Crippen LogP contribution >= 0.6 is 11.3 Å². The van der Waals surface area contributed by atoms with Crippen molar-refractivity contribution in [1.29, 1.82) is 0 Å². The average Bonchev–Trinajstić information content (AvgIpc) is 3.51. The summed E-state index contributed by atoms with van der Waals surface area (Å²) in [6.45, 7) is 4.70. The van der Waals surface area contributed by atoms with Gasteiger partial charge < -0.3 is 9.64 Å². The van der Waals surface area contributed by atoms with Gasteiger partial charge >= 0.3 is 6.09 Å². The molecule has 0 aliphatic carbocycles. The number of aryl methyl sites for hydroxylation is 1. The maximum Gasteiger partial charge on any atom is 0.410 e. The van der Waals surface area contributed by atoms with Gasteiger partial charge in [0.05, 0.1) is 12.6 Å². The molecule has 2 aromatic rings. The Morgan fingerprint density at radius 3 is 2.59 bits per heavy atom. The molecule has 1 aromatic heterocycles. The van der Waals surface area contributed by atoms with Crippen molar-refractivity contribution in [1.82, 2.24) is 9.80 Å². The van der Waals surface area contributed by atoms with Crippen molar-refractivity contribution in [2.75, 3.05) is 13.1 Å². The first kappa shape index (κ1) is 22.5. The van der Waals surface area contributed by atoms with E-state index in [2.05, 4.69) is 25.3 Å². The predicted octanol–water partition coefficient (Wildman–Crippen LogP) is 4.40. The van der Waals surface area contributed by atoms with E-state index in [0.29, 0.717) is 24.4 Å². The summed E-state index contributed by atoms with van der Waals surface area (Å²) in [5.74, 6) is 0.151. The highest BCUT2D eigenvalue weighted by Crippen LogP contribution is 2.32. The third kappa shape index (κ3) is 4.88. The highest BCUT2D eigenvalue weighted by Gasteiger charge is 2.52. The summed E-state index contributed by atoms with van der Waals surface area (Å²) in [5, 5.41) is 2.05. The fraction of sp³-hybridized carbons (Fsp3) is 0.480. The highest BCUT2D eigenvalue weighted by atomic mass is 32.1. The Bertz CT molecular complexity index is 944. The largest absolute Gasteiger partial charge is 0.446 e. The molecular weight excluding hydrogens is 424 g/mol. The van der Waals surface area contributed by atoms with Crippen molar-refractivity contribution in [3.05, 3.63) is 58.3 Å². The van der Waals surface area contributed by atoms with Gasteiger partial charge in [0.1, 0.15) is 12.1 Å². The number of rotatable bonds is 7. The molecule has 0 saturated carbocycles. The second kappa shape index (κ2) is 9.86. The maximum absolute atomic E-state index is 13.1. The zero-order valence-corrected chi connectivity index (χ0v) is 19.4. The molecule has 2 aliphatic rings. The number of hydrogen-bond acceptors (Lipinski definition) is 5. The van der Waals surface area contributed by atoms with E-state index in [1.54, 1.807) is 33.3 Å². The number of hydrogen-bond donors (Lipinski definition) is 0. The van der Waals surface area contributed by atoms with Crippen molar-refractivity contribution in [3.8, 4) is 0 Å². The molecule has 7 heteroatoms. The summed E-state index contributed by atoms with van der Waals surface area (Å²) in [6, 6.07) is 12.2. The fourth-order valence-corrected chi connectivity index (χ4v) is 5.49. The maximum atomic E-state index is 13.1. The van der Waals surface area contributed by atoms with E-state index in [0.717, 1.165) is 19.3 Å². The zero-order chi connectivity index (χ0) is 22.7. The van der Waals surface area contributed by atoms with Crippen LogP contribution in [-0.2, 0) is 16.0 Å². The molecular formula is C25H30N2O4S. The number of amides is 2. The van der Waals surface area contributed by atoms with Gasteiger partial charge in [-0.05, 0) is 55.2 Å². The Morgan fingerprint density at radius 2 is 1.91 bits per heavy atom. The lowest BCUT2D eigenvalue weighted by atomic mass is 10.0. The number of likely N-dealkylation sites (tertiary alicyclic amines) is 2. The summed E-state index contributed by atoms with van der Waals surface area (Å²) in [7, 11) is 0. The lowest BCUT2D eigenvalue weighted by Crippen LogP contribution is -2.44. The van der Waals surface area contributed by atoms with E-state index < -0.39 is 12.1 Å². The van der Waals surface area contributed by atoms with Crippen LogP contribution < -0.4 is 0 Å². The van der Waals surface area contributed by atoms with Gasteiger partial charge in [-0.2, -0.15) is 0 Å². The van der Waals surface area contributed by atoms with Crippen LogP contribution in [0.5, 0.6) is 0 Å². The molecule has 3 atom stereocenters. The third-order valence-corrected chi connectivity index (χ3v) is 7.17. The van der Waals surface area contributed by atoms with Gasteiger partial charge in [0.25, 0.3) is 5.91 Å². The van der Waals surface area contributed by atoms with E-state index >= 15 is 0 Å². The van der Waals surface area contributed by atoms with E-state index in [4.69, 9.17) is 4.74 Å². The fourth-order valence-electron chi connectivity index (χ4n) is 4.76. The number of carbonyl (C=O) groups is 3. The number of nitrogens with zero attached hydrogens (tertiary/aromatic N) is 2. The Hall–Kier alpha value is -2.67. The molecule has 0 N–H and O–H groups in total. The van der Waals surface area contributed by atoms with Crippen molar-refractivity contribution in [2.24, 2.45) is 5.92 Å². The second-order valence-corrected chi connectivity index (χ2v) is 10.0. The minimum Gasteiger partial charge on any atom is -0.446 e. The molecule has 1 unspecified atom stereocenters. The van der Waals surface area contributed by atoms with Crippen molar-refractivity contribution in [2.45, 2.75) is 57.7 Å². The molecule has 0 radical (unpaired) electrons. The van der Waals surface area contributed by atoms with E-state index in [-0.39, 0.29) is 30.4 Å². The molecule has 32 heavy (non-hydrogen) atoms. The Morgan fingerprint density at radius 1 is 1.12 bits per heavy atom. The van der Waals surface area contributed by atoms with Gasteiger partial charge in [-0.1, -0.05) is 38.1 Å². The standard InChI is InChI=1S/C25H30N2O4S/c1-17(2)15-19(10-11-20-9-6-14-32-20)31-25(30)26-13-12-21-23(26)22(28)16-27(21)24(29)18-7-4-3-5-8-18/h3-9,14,17,19,21,23H,10-13,15-16H2,1-2H3/t19?,21-,23+/m1/s1. The van der Waals surface area contributed by atoms with Crippen LogP contribution in [0, 0.1) is 5.92 Å². The van der Waals surface area contributed by atoms with Crippen LogP contribution in [0.1, 0.15) is 48.3 Å². The topological polar surface area (TPSA) is 66.9 Å². The van der Waals surface area contributed by atoms with Gasteiger partial charge in [0.15, 0.2) is 5.78 Å². The smallest absolute Gasteiger partial charge is 0.410 e. The van der Waals surface area contributed by atoms with E-state index in [1.165, 1.54) is 4.88 Å². The molecule has 2 amide bonds. The summed E-state index contributed by atoms with van der Waals surface area (Å²) >= 11 is 1.71. The number of fused-ring (bicyclic) bond motifs is 1. The van der Waals surface area contributed by atoms with E-state index in [9.17, 15) is 14.4 Å². The predicted molar refractivity (Wildman–Crippen MR) is 124 cm³/mol. The molecule has 0 bridgehead atoms. The number of thiophene rings is 1. The molecule has 0 spiro atoms. The molecule has 1 aromatic carbocycles. The van der Waals surface area contributed by atoms with Gasteiger partial charge in [0, 0.05) is 17.0 Å². The van der Waals surface area contributed by atoms with Gasteiger partial charge in [-0.3, -0.25) is 14.5 Å². The summed E-state index contributed by atoms with van der Waals surface area (Å²) < 4.78 is 5.92. The Kier molecular flexibility index (Phi) is 6.94. The number of ether oxygens (including phenoxy) is 1. The van der Waals surface area contributed by atoms with Crippen LogP contribution in [0.4, 0.5) is 4.79 Å². The zero-order valence-electron chi connectivity index (χ0n) is 18.6. The first-order valence-corrected chi connectivity index (χ1v) is 12.2. The van der Waals surface area contributed by atoms with E-state index in [1.807, 2.05) is 24.3 Å². The van der Waals surface area contributed by atoms with Crippen LogP contribution in [-0.4, -0.2) is 58.9 Å². The molecule has 4 rings (SSSR count).